The van der Waals surface area contributed by atoms with Gasteiger partial charge in [-0.1, -0.05) is 30.3 Å². The van der Waals surface area contributed by atoms with E-state index in [-0.39, 0.29) is 23.7 Å². The minimum atomic E-state index is -1.04. The van der Waals surface area contributed by atoms with E-state index in [1.807, 2.05) is 28.9 Å². The summed E-state index contributed by atoms with van der Waals surface area (Å²) in [6, 6.07) is 12.0. The van der Waals surface area contributed by atoms with E-state index in [1.165, 1.54) is 11.8 Å². The first kappa shape index (κ1) is 18.4. The molecule has 7 heteroatoms. The van der Waals surface area contributed by atoms with E-state index in [2.05, 4.69) is 22.5 Å². The van der Waals surface area contributed by atoms with Crippen molar-refractivity contribution >= 4 is 11.9 Å². The zero-order valence-corrected chi connectivity index (χ0v) is 15.0. The molecule has 0 aliphatic carbocycles. The largest absolute Gasteiger partial charge is 0.481 e. The Labute approximate surface area is 156 Å². The summed E-state index contributed by atoms with van der Waals surface area (Å²) in [5.74, 6) is -1.24. The van der Waals surface area contributed by atoms with Crippen molar-refractivity contribution in [3.63, 3.8) is 0 Å². The lowest BCUT2D eigenvalue weighted by Gasteiger charge is -2.09. The summed E-state index contributed by atoms with van der Waals surface area (Å²) < 4.78 is 7.07. The summed E-state index contributed by atoms with van der Waals surface area (Å²) in [4.78, 5) is 23.4. The van der Waals surface area contributed by atoms with Crippen LogP contribution in [0.4, 0.5) is 0 Å². The lowest BCUT2D eigenvalue weighted by Crippen LogP contribution is -2.26. The van der Waals surface area contributed by atoms with Crippen LogP contribution in [-0.4, -0.2) is 26.8 Å². The van der Waals surface area contributed by atoms with Crippen LogP contribution in [0.5, 0.6) is 0 Å². The summed E-state index contributed by atoms with van der Waals surface area (Å²) in [6.07, 6.45) is 3.61. The monoisotopic (exact) mass is 367 g/mol. The van der Waals surface area contributed by atoms with E-state index in [0.717, 1.165) is 12.1 Å². The van der Waals surface area contributed by atoms with Crippen LogP contribution >= 0.6 is 0 Å². The van der Waals surface area contributed by atoms with Crippen molar-refractivity contribution in [2.24, 2.45) is 0 Å². The number of nitrogens with one attached hydrogen (secondary N) is 1. The zero-order chi connectivity index (χ0) is 19.2. The molecule has 27 heavy (non-hydrogen) atoms. The van der Waals surface area contributed by atoms with Crippen LogP contribution in [0.15, 0.2) is 53.3 Å². The maximum atomic E-state index is 12.5. The fraction of sp³-hybridized carbons (Fsp3) is 0.250. The van der Waals surface area contributed by atoms with Gasteiger partial charge < -0.3 is 14.8 Å². The molecule has 0 saturated carbocycles. The molecule has 0 saturated heterocycles. The van der Waals surface area contributed by atoms with Gasteiger partial charge in [-0.3, -0.25) is 14.3 Å². The van der Waals surface area contributed by atoms with Gasteiger partial charge >= 0.3 is 5.97 Å². The number of carbonyl (C=O) groups is 2. The maximum Gasteiger partial charge on any atom is 0.311 e. The lowest BCUT2D eigenvalue weighted by atomic mass is 10.1. The Balaban J connectivity index is 1.63. The van der Waals surface area contributed by atoms with Gasteiger partial charge in [0.05, 0.1) is 24.1 Å². The molecule has 0 atom stereocenters. The highest BCUT2D eigenvalue weighted by molar-refractivity contribution is 5.97. The maximum absolute atomic E-state index is 12.5. The Hall–Kier alpha value is -3.35. The molecule has 0 aliphatic heterocycles. The first-order valence-corrected chi connectivity index (χ1v) is 8.66. The molecule has 2 N–H and O–H groups in total. The molecule has 3 aromatic rings. The molecule has 0 aliphatic rings. The van der Waals surface area contributed by atoms with Crippen LogP contribution in [0, 0.1) is 6.92 Å². The molecule has 140 valence electrons. The average Bonchev–Trinajstić information content (AvgIpc) is 3.25. The Morgan fingerprint density at radius 3 is 2.74 bits per heavy atom. The molecule has 1 aromatic carbocycles. The van der Waals surface area contributed by atoms with Crippen molar-refractivity contribution in [1.82, 2.24) is 15.1 Å². The molecule has 0 fully saturated rings. The van der Waals surface area contributed by atoms with Crippen LogP contribution in [0.3, 0.4) is 0 Å². The molecule has 1 amide bonds. The van der Waals surface area contributed by atoms with Crippen LogP contribution in [0.1, 0.15) is 32.9 Å². The summed E-state index contributed by atoms with van der Waals surface area (Å²) >= 11 is 0. The standard InChI is InChI=1S/C20H21N3O4/c1-14-13-27-17(11-18(24)25)19(14)20(26)21-12-16-7-9-22-23(16)10-8-15-5-3-2-4-6-15/h2-7,9,13H,8,10-12H2,1H3,(H,21,26)(H,24,25). The predicted molar refractivity (Wildman–Crippen MR) is 98.3 cm³/mol. The van der Waals surface area contributed by atoms with Crippen molar-refractivity contribution in [2.75, 3.05) is 0 Å². The van der Waals surface area contributed by atoms with Crippen molar-refractivity contribution < 1.29 is 19.1 Å². The van der Waals surface area contributed by atoms with E-state index in [1.54, 1.807) is 13.1 Å². The van der Waals surface area contributed by atoms with Crippen molar-refractivity contribution in [3.05, 3.63) is 77.0 Å². The third-order valence-corrected chi connectivity index (χ3v) is 4.28. The number of hydrogen-bond donors (Lipinski definition) is 2. The first-order valence-electron chi connectivity index (χ1n) is 8.66. The van der Waals surface area contributed by atoms with Gasteiger partial charge in [-0.05, 0) is 25.0 Å². The number of carboxylic acid groups (broad SMARTS) is 1. The third kappa shape index (κ3) is 4.63. The van der Waals surface area contributed by atoms with E-state index in [9.17, 15) is 9.59 Å². The second kappa shape index (κ2) is 8.35. The number of rotatable bonds is 8. The minimum absolute atomic E-state index is 0.162. The zero-order valence-electron chi connectivity index (χ0n) is 15.0. The highest BCUT2D eigenvalue weighted by Gasteiger charge is 2.20. The third-order valence-electron chi connectivity index (χ3n) is 4.28. The van der Waals surface area contributed by atoms with Gasteiger partial charge in [-0.25, -0.2) is 0 Å². The number of nitrogens with zero attached hydrogens (tertiary/aromatic N) is 2. The Kier molecular flexibility index (Phi) is 5.71. The van der Waals surface area contributed by atoms with Crippen LogP contribution in [-0.2, 0) is 30.7 Å². The fourth-order valence-electron chi connectivity index (χ4n) is 2.92. The molecule has 0 radical (unpaired) electrons. The van der Waals surface area contributed by atoms with Gasteiger partial charge in [0.1, 0.15) is 12.2 Å². The quantitative estimate of drug-likeness (QED) is 0.638. The number of hydrogen-bond acceptors (Lipinski definition) is 4. The highest BCUT2D eigenvalue weighted by atomic mass is 16.4. The molecule has 0 unspecified atom stereocenters. The molecule has 2 heterocycles. The van der Waals surface area contributed by atoms with E-state index < -0.39 is 5.97 Å². The van der Waals surface area contributed by atoms with E-state index in [4.69, 9.17) is 9.52 Å². The minimum Gasteiger partial charge on any atom is -0.481 e. The van der Waals surface area contributed by atoms with Crippen LogP contribution in [0.25, 0.3) is 0 Å². The molecular weight excluding hydrogens is 346 g/mol. The summed E-state index contributed by atoms with van der Waals surface area (Å²) in [7, 11) is 0. The van der Waals surface area contributed by atoms with Gasteiger partial charge in [0.2, 0.25) is 0 Å². The van der Waals surface area contributed by atoms with Gasteiger partial charge in [-0.15, -0.1) is 0 Å². The van der Waals surface area contributed by atoms with Gasteiger partial charge in [0, 0.05) is 18.3 Å². The highest BCUT2D eigenvalue weighted by Crippen LogP contribution is 2.17. The van der Waals surface area contributed by atoms with E-state index >= 15 is 0 Å². The number of aryl methyl sites for hydroxylation is 3. The molecule has 0 spiro atoms. The van der Waals surface area contributed by atoms with Crippen LogP contribution in [0.2, 0.25) is 0 Å². The Morgan fingerprint density at radius 2 is 2.00 bits per heavy atom. The first-order chi connectivity index (χ1) is 13.0. The van der Waals surface area contributed by atoms with Gasteiger partial charge in [-0.2, -0.15) is 5.10 Å². The number of carbonyl (C=O) groups excluding carboxylic acids is 1. The number of furan rings is 1. The molecular formula is C20H21N3O4. The van der Waals surface area contributed by atoms with Crippen molar-refractivity contribution in [3.8, 4) is 0 Å². The number of aliphatic carboxylic acids is 1. The topological polar surface area (TPSA) is 97.4 Å². The van der Waals surface area contributed by atoms with Crippen molar-refractivity contribution in [1.29, 1.82) is 0 Å². The van der Waals surface area contributed by atoms with Crippen molar-refractivity contribution in [2.45, 2.75) is 32.9 Å². The molecule has 3 rings (SSSR count). The van der Waals surface area contributed by atoms with Gasteiger partial charge in [0.15, 0.2) is 0 Å². The summed E-state index contributed by atoms with van der Waals surface area (Å²) in [6.45, 7) is 2.72. The number of aromatic nitrogens is 2. The normalized spacial score (nSPS) is 10.7. The predicted octanol–water partition coefficient (Wildman–Crippen LogP) is 2.58. The average molecular weight is 367 g/mol. The van der Waals surface area contributed by atoms with Gasteiger partial charge in [0.25, 0.3) is 5.91 Å². The molecule has 7 nitrogen and oxygen atoms in total. The summed E-state index contributed by atoms with van der Waals surface area (Å²) in [5.41, 5.74) is 2.99. The number of amides is 1. The molecule has 2 aromatic heterocycles. The fourth-order valence-corrected chi connectivity index (χ4v) is 2.92. The summed E-state index contributed by atoms with van der Waals surface area (Å²) in [5, 5.41) is 16.1. The van der Waals surface area contributed by atoms with Crippen LogP contribution < -0.4 is 5.32 Å². The smallest absolute Gasteiger partial charge is 0.311 e. The Bertz CT molecular complexity index is 928. The molecule has 0 bridgehead atoms. The SMILES string of the molecule is Cc1coc(CC(=O)O)c1C(=O)NCc1ccnn1CCc1ccccc1. The number of benzene rings is 1. The Morgan fingerprint density at radius 1 is 1.22 bits per heavy atom. The number of carboxylic acids is 1. The lowest BCUT2D eigenvalue weighted by molar-refractivity contribution is -0.136. The second-order valence-electron chi connectivity index (χ2n) is 6.25. The second-order valence-corrected chi connectivity index (χ2v) is 6.25. The van der Waals surface area contributed by atoms with E-state index in [0.29, 0.717) is 18.7 Å².